The number of rotatable bonds is 5. The van der Waals surface area contributed by atoms with Crippen LogP contribution >= 0.6 is 0 Å². The minimum atomic E-state index is -1.23. The molecule has 0 radical (unpaired) electrons. The van der Waals surface area contributed by atoms with Crippen LogP contribution in [-0.2, 0) is 14.3 Å². The van der Waals surface area contributed by atoms with Gasteiger partial charge in [0.05, 0.1) is 6.61 Å². The topological polar surface area (TPSA) is 105 Å². The molecular weight excluding hydrogens is 264 g/mol. The van der Waals surface area contributed by atoms with Gasteiger partial charge >= 0.3 is 18.0 Å². The van der Waals surface area contributed by atoms with Crippen LogP contribution in [0.4, 0.5) is 4.79 Å². The smallest absolute Gasteiger partial charge is 0.329 e. The minimum absolute atomic E-state index is 0.228. The molecule has 1 atom stereocenters. The summed E-state index contributed by atoms with van der Waals surface area (Å²) in [6.45, 7) is 3.39. The van der Waals surface area contributed by atoms with E-state index in [1.54, 1.807) is 6.92 Å². The molecule has 0 aromatic rings. The summed E-state index contributed by atoms with van der Waals surface area (Å²) in [5, 5.41) is 14.2. The molecule has 0 aromatic carbocycles. The minimum Gasteiger partial charge on any atom is -0.480 e. The summed E-state index contributed by atoms with van der Waals surface area (Å²) in [5.41, 5.74) is -1.23. The van der Waals surface area contributed by atoms with Gasteiger partial charge in [0.1, 0.15) is 11.6 Å². The van der Waals surface area contributed by atoms with Crippen LogP contribution in [-0.4, -0.2) is 41.3 Å². The van der Waals surface area contributed by atoms with Gasteiger partial charge in [-0.3, -0.25) is 0 Å². The van der Waals surface area contributed by atoms with Crippen molar-refractivity contribution in [3.05, 3.63) is 0 Å². The summed E-state index contributed by atoms with van der Waals surface area (Å²) < 4.78 is 4.77. The Morgan fingerprint density at radius 3 is 2.35 bits per heavy atom. The van der Waals surface area contributed by atoms with Crippen molar-refractivity contribution in [3.8, 4) is 0 Å². The molecular formula is C13H22N2O5. The van der Waals surface area contributed by atoms with E-state index in [9.17, 15) is 19.5 Å². The van der Waals surface area contributed by atoms with Crippen molar-refractivity contribution < 1.29 is 24.2 Å². The molecule has 0 spiro atoms. The first-order valence-electron chi connectivity index (χ1n) is 6.90. The highest BCUT2D eigenvalue weighted by atomic mass is 16.5. The predicted octanol–water partition coefficient (Wildman–Crippen LogP) is 1.02. The van der Waals surface area contributed by atoms with Gasteiger partial charge in [0.2, 0.25) is 0 Å². The zero-order valence-electron chi connectivity index (χ0n) is 11.9. The summed E-state index contributed by atoms with van der Waals surface area (Å²) in [5.74, 6) is -1.58. The fraction of sp³-hybridized carbons (Fsp3) is 0.769. The number of aliphatic carboxylic acids is 1. The Bertz CT molecular complexity index is 377. The second-order valence-electron chi connectivity index (χ2n) is 5.02. The predicted molar refractivity (Wildman–Crippen MR) is 71.2 cm³/mol. The van der Waals surface area contributed by atoms with E-state index in [2.05, 4.69) is 10.6 Å². The molecule has 2 amide bonds. The largest absolute Gasteiger partial charge is 0.480 e. The van der Waals surface area contributed by atoms with Crippen LogP contribution in [0.3, 0.4) is 0 Å². The number of carboxylic acids is 1. The molecule has 3 N–H and O–H groups in total. The van der Waals surface area contributed by atoms with Gasteiger partial charge in [-0.2, -0.15) is 0 Å². The van der Waals surface area contributed by atoms with Crippen molar-refractivity contribution in [1.29, 1.82) is 0 Å². The molecule has 0 aliphatic heterocycles. The van der Waals surface area contributed by atoms with Crippen LogP contribution in [0.1, 0.15) is 46.0 Å². The summed E-state index contributed by atoms with van der Waals surface area (Å²) in [4.78, 5) is 34.6. The van der Waals surface area contributed by atoms with Gasteiger partial charge in [0, 0.05) is 0 Å². The number of amides is 2. The van der Waals surface area contributed by atoms with Crippen LogP contribution in [0.2, 0.25) is 0 Å². The molecule has 0 heterocycles. The lowest BCUT2D eigenvalue weighted by atomic mass is 9.82. The van der Waals surface area contributed by atoms with Crippen LogP contribution in [0.25, 0.3) is 0 Å². The third-order valence-corrected chi connectivity index (χ3v) is 3.46. The van der Waals surface area contributed by atoms with Gasteiger partial charge in [-0.25, -0.2) is 14.4 Å². The Morgan fingerprint density at radius 1 is 1.25 bits per heavy atom. The van der Waals surface area contributed by atoms with Gasteiger partial charge in [0.25, 0.3) is 0 Å². The Kier molecular flexibility index (Phi) is 5.79. The lowest BCUT2D eigenvalue weighted by Gasteiger charge is -2.34. The second-order valence-corrected chi connectivity index (χ2v) is 5.02. The number of carbonyl (C=O) groups excluding carboxylic acids is 2. The number of ether oxygens (including phenoxy) is 1. The molecule has 7 heteroatoms. The maximum atomic E-state index is 11.8. The third kappa shape index (κ3) is 4.11. The van der Waals surface area contributed by atoms with Gasteiger partial charge in [-0.05, 0) is 26.7 Å². The van der Waals surface area contributed by atoms with E-state index < -0.39 is 29.6 Å². The van der Waals surface area contributed by atoms with E-state index >= 15 is 0 Å². The standard InChI is InChI=1S/C13H22N2O5/c1-3-20-10(16)9(2)14-12(19)15-13(11(17)18)7-5-4-6-8-13/h9H,3-8H2,1-2H3,(H,17,18)(H2,14,15,19). The number of urea groups is 1. The Morgan fingerprint density at radius 2 is 1.85 bits per heavy atom. The molecule has 0 aromatic heterocycles. The maximum Gasteiger partial charge on any atom is 0.329 e. The first kappa shape index (κ1) is 16.3. The number of nitrogens with one attached hydrogen (secondary N) is 2. The average Bonchev–Trinajstić information content (AvgIpc) is 2.39. The summed E-state index contributed by atoms with van der Waals surface area (Å²) in [6, 6.07) is -1.47. The molecule has 114 valence electrons. The Hall–Kier alpha value is -1.79. The molecule has 1 fully saturated rings. The average molecular weight is 286 g/mol. The molecule has 1 aliphatic rings. The van der Waals surface area contributed by atoms with Crippen LogP contribution in [0.15, 0.2) is 0 Å². The zero-order chi connectivity index (χ0) is 15.2. The fourth-order valence-electron chi connectivity index (χ4n) is 2.32. The van der Waals surface area contributed by atoms with E-state index in [4.69, 9.17) is 4.74 Å². The molecule has 20 heavy (non-hydrogen) atoms. The highest BCUT2D eigenvalue weighted by Crippen LogP contribution is 2.28. The van der Waals surface area contributed by atoms with E-state index in [0.717, 1.165) is 19.3 Å². The highest BCUT2D eigenvalue weighted by Gasteiger charge is 2.41. The number of esters is 1. The van der Waals surface area contributed by atoms with Crippen molar-refractivity contribution in [2.24, 2.45) is 0 Å². The third-order valence-electron chi connectivity index (χ3n) is 3.46. The first-order chi connectivity index (χ1) is 9.41. The molecule has 1 saturated carbocycles. The van der Waals surface area contributed by atoms with Crippen molar-refractivity contribution in [3.63, 3.8) is 0 Å². The highest BCUT2D eigenvalue weighted by molar-refractivity contribution is 5.88. The van der Waals surface area contributed by atoms with Crippen LogP contribution in [0, 0.1) is 0 Å². The molecule has 1 rings (SSSR count). The molecule has 7 nitrogen and oxygen atoms in total. The summed E-state index contributed by atoms with van der Waals surface area (Å²) >= 11 is 0. The molecule has 0 saturated heterocycles. The van der Waals surface area contributed by atoms with Crippen molar-refractivity contribution in [2.45, 2.75) is 57.5 Å². The summed E-state index contributed by atoms with van der Waals surface area (Å²) in [7, 11) is 0. The number of carbonyl (C=O) groups is 3. The van der Waals surface area contributed by atoms with E-state index in [-0.39, 0.29) is 6.61 Å². The van der Waals surface area contributed by atoms with Crippen molar-refractivity contribution in [2.75, 3.05) is 6.61 Å². The van der Waals surface area contributed by atoms with Crippen molar-refractivity contribution >= 4 is 18.0 Å². The monoisotopic (exact) mass is 286 g/mol. The molecule has 0 bridgehead atoms. The van der Waals surface area contributed by atoms with Crippen molar-refractivity contribution in [1.82, 2.24) is 10.6 Å². The fourth-order valence-corrected chi connectivity index (χ4v) is 2.32. The zero-order valence-corrected chi connectivity index (χ0v) is 11.9. The first-order valence-corrected chi connectivity index (χ1v) is 6.90. The Balaban J connectivity index is 2.59. The molecule has 1 aliphatic carbocycles. The number of carboxylic acid groups (broad SMARTS) is 1. The maximum absolute atomic E-state index is 11.8. The van der Waals surface area contributed by atoms with Gasteiger partial charge in [0.15, 0.2) is 0 Å². The van der Waals surface area contributed by atoms with Crippen LogP contribution < -0.4 is 10.6 Å². The van der Waals surface area contributed by atoms with E-state index in [0.29, 0.717) is 12.8 Å². The lowest BCUT2D eigenvalue weighted by molar-refractivity contribution is -0.145. The quantitative estimate of drug-likeness (QED) is 0.655. The van der Waals surface area contributed by atoms with Crippen LogP contribution in [0.5, 0.6) is 0 Å². The van der Waals surface area contributed by atoms with E-state index in [1.165, 1.54) is 6.92 Å². The second kappa shape index (κ2) is 7.12. The summed E-state index contributed by atoms with van der Waals surface area (Å²) in [6.07, 6.45) is 3.31. The number of hydrogen-bond acceptors (Lipinski definition) is 4. The normalized spacial score (nSPS) is 18.7. The van der Waals surface area contributed by atoms with Gasteiger partial charge < -0.3 is 20.5 Å². The van der Waals surface area contributed by atoms with Gasteiger partial charge in [-0.15, -0.1) is 0 Å². The Labute approximate surface area is 118 Å². The molecule has 1 unspecified atom stereocenters. The lowest BCUT2D eigenvalue weighted by Crippen LogP contribution is -2.59. The number of hydrogen-bond donors (Lipinski definition) is 3. The SMILES string of the molecule is CCOC(=O)C(C)NC(=O)NC1(C(=O)O)CCCCC1. The van der Waals surface area contributed by atoms with E-state index in [1.807, 2.05) is 0 Å². The van der Waals surface area contributed by atoms with Gasteiger partial charge in [-0.1, -0.05) is 19.3 Å².